The average Bonchev–Trinajstić information content (AvgIpc) is 2.19. The highest BCUT2D eigenvalue weighted by Crippen LogP contribution is 2.24. The molecule has 15 heavy (non-hydrogen) atoms. The number of hydrogen-bond acceptors (Lipinski definition) is 2. The van der Waals surface area contributed by atoms with E-state index in [0.717, 1.165) is 11.8 Å². The zero-order valence-corrected chi connectivity index (χ0v) is 10.3. The van der Waals surface area contributed by atoms with E-state index >= 15 is 0 Å². The first-order chi connectivity index (χ1) is 6.95. The Morgan fingerprint density at radius 1 is 1.20 bits per heavy atom. The zero-order valence-electron chi connectivity index (χ0n) is 10.3. The summed E-state index contributed by atoms with van der Waals surface area (Å²) in [5.41, 5.74) is 8.05. The molecule has 1 rings (SSSR count). The van der Waals surface area contributed by atoms with Crippen molar-refractivity contribution in [2.24, 2.45) is 0 Å². The Hall–Kier alpha value is -1.31. The van der Waals surface area contributed by atoms with Crippen LogP contribution in [0, 0.1) is 0 Å². The van der Waals surface area contributed by atoms with E-state index in [0.29, 0.717) is 11.3 Å². The summed E-state index contributed by atoms with van der Waals surface area (Å²) in [7, 11) is 0. The third-order valence-electron chi connectivity index (χ3n) is 2.08. The van der Waals surface area contributed by atoms with E-state index in [2.05, 4.69) is 20.8 Å². The molecule has 0 bridgehead atoms. The lowest BCUT2D eigenvalue weighted by molar-refractivity contribution is 0.112. The van der Waals surface area contributed by atoms with Crippen LogP contribution < -0.4 is 5.73 Å². The molecule has 0 spiro atoms. The van der Waals surface area contributed by atoms with E-state index in [-0.39, 0.29) is 5.41 Å². The first-order valence-corrected chi connectivity index (χ1v) is 5.30. The lowest BCUT2D eigenvalue weighted by Gasteiger charge is -2.19. The maximum absolute atomic E-state index is 10.5. The Morgan fingerprint density at radius 3 is 2.07 bits per heavy atom. The average molecular weight is 207 g/mol. The van der Waals surface area contributed by atoms with Crippen molar-refractivity contribution >= 4 is 12.0 Å². The highest BCUT2D eigenvalue weighted by molar-refractivity contribution is 5.83. The maximum atomic E-state index is 10.5. The van der Waals surface area contributed by atoms with Gasteiger partial charge in [-0.1, -0.05) is 40.7 Å². The van der Waals surface area contributed by atoms with Crippen LogP contribution in [0.4, 0.5) is 5.69 Å². The number of nitrogens with two attached hydrogens (primary N) is 1. The van der Waals surface area contributed by atoms with Gasteiger partial charge in [-0.25, -0.2) is 0 Å². The van der Waals surface area contributed by atoms with Crippen LogP contribution in [0.2, 0.25) is 0 Å². The van der Waals surface area contributed by atoms with Crippen LogP contribution in [0.25, 0.3) is 0 Å². The molecule has 0 saturated carbocycles. The minimum absolute atomic E-state index is 0.0789. The lowest BCUT2D eigenvalue weighted by Crippen LogP contribution is -2.11. The largest absolute Gasteiger partial charge is 0.398 e. The molecular weight excluding hydrogens is 186 g/mol. The molecule has 1 aromatic rings. The van der Waals surface area contributed by atoms with Crippen molar-refractivity contribution in [3.8, 4) is 0 Å². The molecule has 0 saturated heterocycles. The van der Waals surface area contributed by atoms with Gasteiger partial charge < -0.3 is 5.73 Å². The molecular formula is C13H21NO. The van der Waals surface area contributed by atoms with E-state index in [9.17, 15) is 4.79 Å². The molecule has 1 aromatic carbocycles. The number of hydrogen-bond donors (Lipinski definition) is 1. The van der Waals surface area contributed by atoms with Gasteiger partial charge in [0.15, 0.2) is 6.29 Å². The van der Waals surface area contributed by atoms with Gasteiger partial charge in [-0.2, -0.15) is 0 Å². The molecule has 2 nitrogen and oxygen atoms in total. The highest BCUT2D eigenvalue weighted by Gasteiger charge is 2.14. The minimum Gasteiger partial charge on any atom is -0.398 e. The molecule has 2 heteroatoms. The summed E-state index contributed by atoms with van der Waals surface area (Å²) in [5, 5.41) is 0. The smallest absolute Gasteiger partial charge is 0.152 e. The first kappa shape index (κ1) is 13.7. The molecule has 0 amide bonds. The number of benzene rings is 1. The van der Waals surface area contributed by atoms with Gasteiger partial charge >= 0.3 is 0 Å². The highest BCUT2D eigenvalue weighted by atomic mass is 16.1. The molecule has 2 N–H and O–H groups in total. The molecule has 0 aliphatic rings. The van der Waals surface area contributed by atoms with E-state index in [1.54, 1.807) is 6.07 Å². The Kier molecular flexibility index (Phi) is 5.06. The van der Waals surface area contributed by atoms with Crippen molar-refractivity contribution in [2.45, 2.75) is 40.0 Å². The SMILES string of the molecule is CC.CC(C)(C)c1ccc(C=O)c(N)c1. The second kappa shape index (κ2) is 5.54. The summed E-state index contributed by atoms with van der Waals surface area (Å²) >= 11 is 0. The van der Waals surface area contributed by atoms with Gasteiger partial charge in [0, 0.05) is 11.3 Å². The number of nitrogen functional groups attached to an aromatic ring is 1. The fourth-order valence-corrected chi connectivity index (χ4v) is 1.15. The van der Waals surface area contributed by atoms with Gasteiger partial charge in [0.25, 0.3) is 0 Å². The molecule has 0 aliphatic carbocycles. The molecule has 84 valence electrons. The first-order valence-electron chi connectivity index (χ1n) is 5.30. The maximum Gasteiger partial charge on any atom is 0.152 e. The molecule has 0 radical (unpaired) electrons. The van der Waals surface area contributed by atoms with Crippen molar-refractivity contribution < 1.29 is 4.79 Å². The molecule has 0 unspecified atom stereocenters. The number of carbonyl (C=O) groups is 1. The number of rotatable bonds is 1. The Bertz CT molecular complexity index is 324. The van der Waals surface area contributed by atoms with E-state index in [4.69, 9.17) is 5.73 Å². The fourth-order valence-electron chi connectivity index (χ4n) is 1.15. The quantitative estimate of drug-likeness (QED) is 0.566. The van der Waals surface area contributed by atoms with Crippen molar-refractivity contribution in [3.63, 3.8) is 0 Å². The number of anilines is 1. The Morgan fingerprint density at radius 2 is 1.73 bits per heavy atom. The van der Waals surface area contributed by atoms with Gasteiger partial charge in [-0.15, -0.1) is 0 Å². The molecule has 0 aliphatic heterocycles. The standard InChI is InChI=1S/C11H15NO.C2H6/c1-11(2,3)9-5-4-8(7-13)10(12)6-9;1-2/h4-7H,12H2,1-3H3;1-2H3. The van der Waals surface area contributed by atoms with Crippen molar-refractivity contribution in [2.75, 3.05) is 5.73 Å². The molecule has 0 fully saturated rings. The summed E-state index contributed by atoms with van der Waals surface area (Å²) in [4.78, 5) is 10.5. The zero-order chi connectivity index (χ0) is 12.1. The Balaban J connectivity index is 0.000000921. The normalized spacial score (nSPS) is 10.2. The molecule has 0 aromatic heterocycles. The van der Waals surface area contributed by atoms with Gasteiger partial charge in [0.1, 0.15) is 0 Å². The topological polar surface area (TPSA) is 43.1 Å². The Labute approximate surface area is 92.5 Å². The van der Waals surface area contributed by atoms with Crippen LogP contribution >= 0.6 is 0 Å². The van der Waals surface area contributed by atoms with Crippen LogP contribution in [0.1, 0.15) is 50.5 Å². The lowest BCUT2D eigenvalue weighted by atomic mass is 9.86. The fraction of sp³-hybridized carbons (Fsp3) is 0.462. The summed E-state index contributed by atoms with van der Waals surface area (Å²) in [6.07, 6.45) is 0.780. The molecule has 0 atom stereocenters. The summed E-state index contributed by atoms with van der Waals surface area (Å²) in [6.45, 7) is 10.3. The van der Waals surface area contributed by atoms with E-state index in [1.807, 2.05) is 26.0 Å². The van der Waals surface area contributed by atoms with E-state index in [1.165, 1.54) is 0 Å². The van der Waals surface area contributed by atoms with Gasteiger partial charge in [0.2, 0.25) is 0 Å². The van der Waals surface area contributed by atoms with Crippen LogP contribution in [-0.2, 0) is 5.41 Å². The molecule has 0 heterocycles. The summed E-state index contributed by atoms with van der Waals surface area (Å²) in [5.74, 6) is 0. The predicted octanol–water partition coefficient (Wildman–Crippen LogP) is 3.41. The monoisotopic (exact) mass is 207 g/mol. The number of carbonyl (C=O) groups excluding carboxylic acids is 1. The van der Waals surface area contributed by atoms with Crippen LogP contribution in [0.3, 0.4) is 0 Å². The second-order valence-electron chi connectivity index (χ2n) is 4.21. The summed E-state index contributed by atoms with van der Waals surface area (Å²) < 4.78 is 0. The van der Waals surface area contributed by atoms with Crippen molar-refractivity contribution in [1.82, 2.24) is 0 Å². The van der Waals surface area contributed by atoms with Gasteiger partial charge in [-0.3, -0.25) is 4.79 Å². The van der Waals surface area contributed by atoms with Crippen LogP contribution in [0.15, 0.2) is 18.2 Å². The van der Waals surface area contributed by atoms with Crippen LogP contribution in [0.5, 0.6) is 0 Å². The van der Waals surface area contributed by atoms with Crippen molar-refractivity contribution in [1.29, 1.82) is 0 Å². The van der Waals surface area contributed by atoms with Gasteiger partial charge in [0.05, 0.1) is 0 Å². The second-order valence-corrected chi connectivity index (χ2v) is 4.21. The van der Waals surface area contributed by atoms with Gasteiger partial charge in [-0.05, 0) is 23.1 Å². The summed E-state index contributed by atoms with van der Waals surface area (Å²) in [6, 6.07) is 5.58. The third kappa shape index (κ3) is 3.74. The van der Waals surface area contributed by atoms with Crippen molar-refractivity contribution in [3.05, 3.63) is 29.3 Å². The van der Waals surface area contributed by atoms with Crippen LogP contribution in [-0.4, -0.2) is 6.29 Å². The predicted molar refractivity (Wildman–Crippen MR) is 66.3 cm³/mol. The third-order valence-corrected chi connectivity index (χ3v) is 2.08. The number of aldehydes is 1. The minimum atomic E-state index is 0.0789. The van der Waals surface area contributed by atoms with E-state index < -0.39 is 0 Å².